The van der Waals surface area contributed by atoms with Gasteiger partial charge in [-0.3, -0.25) is 10.1 Å². The summed E-state index contributed by atoms with van der Waals surface area (Å²) in [6.45, 7) is 1.16. The van der Waals surface area contributed by atoms with E-state index >= 15 is 0 Å². The van der Waals surface area contributed by atoms with Gasteiger partial charge in [-0.25, -0.2) is 4.79 Å². The molecule has 0 radical (unpaired) electrons. The summed E-state index contributed by atoms with van der Waals surface area (Å²) in [6.07, 6.45) is 1.68. The number of carbonyl (C=O) groups excluding carboxylic acids is 1. The van der Waals surface area contributed by atoms with Crippen LogP contribution in [0.25, 0.3) is 11.3 Å². The van der Waals surface area contributed by atoms with Gasteiger partial charge in [0.05, 0.1) is 38.9 Å². The number of nitro groups is 1. The highest BCUT2D eigenvalue weighted by molar-refractivity contribution is 5.89. The second-order valence-electron chi connectivity index (χ2n) is 8.35. The number of nitrogens with one attached hydrogen (secondary N) is 1. The summed E-state index contributed by atoms with van der Waals surface area (Å²) in [5.74, 6) is 1.86. The number of nitro benzene ring substituents is 1. The lowest BCUT2D eigenvalue weighted by atomic mass is 10.1. The monoisotopic (exact) mass is 512 g/mol. The maximum atomic E-state index is 13.2. The Hall–Kier alpha value is -4.32. The summed E-state index contributed by atoms with van der Waals surface area (Å²) in [5, 5.41) is 17.9. The van der Waals surface area contributed by atoms with E-state index in [-0.39, 0.29) is 24.4 Å². The van der Waals surface area contributed by atoms with Crippen molar-refractivity contribution in [2.45, 2.75) is 25.5 Å². The highest BCUT2D eigenvalue weighted by atomic mass is 16.6. The van der Waals surface area contributed by atoms with Gasteiger partial charge in [0.1, 0.15) is 5.69 Å². The molecule has 1 aliphatic heterocycles. The lowest BCUT2D eigenvalue weighted by Crippen LogP contribution is -2.39. The molecular formula is C25H28N4O8. The number of aromatic nitrogens is 1. The van der Waals surface area contributed by atoms with Crippen molar-refractivity contribution >= 4 is 17.4 Å². The lowest BCUT2D eigenvalue weighted by molar-refractivity contribution is -0.384. The Morgan fingerprint density at radius 2 is 1.84 bits per heavy atom. The van der Waals surface area contributed by atoms with Gasteiger partial charge in [0, 0.05) is 42.6 Å². The Morgan fingerprint density at radius 3 is 2.41 bits per heavy atom. The second kappa shape index (κ2) is 11.6. The van der Waals surface area contributed by atoms with Crippen LogP contribution in [-0.2, 0) is 11.3 Å². The van der Waals surface area contributed by atoms with E-state index in [2.05, 4.69) is 10.5 Å². The van der Waals surface area contributed by atoms with Crippen LogP contribution < -0.4 is 19.5 Å². The molecule has 0 bridgehead atoms. The predicted molar refractivity (Wildman–Crippen MR) is 133 cm³/mol. The fourth-order valence-electron chi connectivity index (χ4n) is 4.06. The third kappa shape index (κ3) is 6.09. The lowest BCUT2D eigenvalue weighted by Gasteiger charge is -2.25. The molecule has 1 fully saturated rings. The Labute approximate surface area is 213 Å². The Bertz CT molecular complexity index is 1210. The number of nitrogens with zero attached hydrogens (tertiary/aromatic N) is 3. The number of anilines is 1. The number of carbonyl (C=O) groups is 1. The number of amides is 2. The molecule has 2 aromatic carbocycles. The van der Waals surface area contributed by atoms with Crippen molar-refractivity contribution < 1.29 is 33.2 Å². The van der Waals surface area contributed by atoms with E-state index in [0.717, 1.165) is 12.8 Å². The number of ether oxygens (including phenoxy) is 4. The van der Waals surface area contributed by atoms with Crippen molar-refractivity contribution in [2.24, 2.45) is 0 Å². The molecule has 196 valence electrons. The summed E-state index contributed by atoms with van der Waals surface area (Å²) in [6, 6.07) is 10.5. The minimum absolute atomic E-state index is 0.0591. The van der Waals surface area contributed by atoms with Crippen LogP contribution in [0.4, 0.5) is 16.2 Å². The van der Waals surface area contributed by atoms with E-state index < -0.39 is 4.92 Å². The molecule has 2 amide bonds. The Morgan fingerprint density at radius 1 is 1.14 bits per heavy atom. The number of urea groups is 1. The van der Waals surface area contributed by atoms with Crippen LogP contribution in [0.15, 0.2) is 47.0 Å². The quantitative estimate of drug-likeness (QED) is 0.307. The summed E-state index contributed by atoms with van der Waals surface area (Å²) in [4.78, 5) is 25.1. The predicted octanol–water partition coefficient (Wildman–Crippen LogP) is 4.49. The number of hydrogen-bond acceptors (Lipinski definition) is 9. The second-order valence-corrected chi connectivity index (χ2v) is 8.35. The Balaban J connectivity index is 1.53. The SMILES string of the molecule is COc1cc(-c2cc(CN(C[C@H]3CCCO3)C(=O)Nc3ccc([N+](=O)[O-])cc3)no2)cc(OC)c1OC. The molecule has 0 aliphatic carbocycles. The highest BCUT2D eigenvalue weighted by Gasteiger charge is 2.25. The van der Waals surface area contributed by atoms with Gasteiger partial charge in [-0.2, -0.15) is 0 Å². The first-order valence-electron chi connectivity index (χ1n) is 11.6. The van der Waals surface area contributed by atoms with E-state index in [4.69, 9.17) is 23.5 Å². The third-order valence-electron chi connectivity index (χ3n) is 5.93. The molecule has 0 spiro atoms. The molecule has 1 aliphatic rings. The maximum absolute atomic E-state index is 13.2. The largest absolute Gasteiger partial charge is 0.493 e. The van der Waals surface area contributed by atoms with Crippen molar-refractivity contribution in [3.8, 4) is 28.6 Å². The molecule has 1 saturated heterocycles. The first kappa shape index (κ1) is 25.8. The third-order valence-corrected chi connectivity index (χ3v) is 5.93. The molecule has 3 aromatic rings. The number of rotatable bonds is 10. The minimum Gasteiger partial charge on any atom is -0.493 e. The van der Waals surface area contributed by atoms with Crippen molar-refractivity contribution in [3.63, 3.8) is 0 Å². The molecule has 4 rings (SSSR count). The molecular weight excluding hydrogens is 484 g/mol. The fraction of sp³-hybridized carbons (Fsp3) is 0.360. The first-order chi connectivity index (χ1) is 17.9. The van der Waals surface area contributed by atoms with E-state index in [1.807, 2.05) is 0 Å². The van der Waals surface area contributed by atoms with E-state index in [1.54, 1.807) is 23.1 Å². The van der Waals surface area contributed by atoms with Gasteiger partial charge in [-0.1, -0.05) is 5.16 Å². The van der Waals surface area contributed by atoms with Gasteiger partial charge in [-0.05, 0) is 37.1 Å². The van der Waals surface area contributed by atoms with Crippen LogP contribution in [0.5, 0.6) is 17.2 Å². The number of methoxy groups -OCH3 is 3. The average molecular weight is 513 g/mol. The van der Waals surface area contributed by atoms with E-state index in [1.165, 1.54) is 45.6 Å². The highest BCUT2D eigenvalue weighted by Crippen LogP contribution is 2.41. The van der Waals surface area contributed by atoms with Crippen LogP contribution in [0.1, 0.15) is 18.5 Å². The van der Waals surface area contributed by atoms with Gasteiger partial charge >= 0.3 is 6.03 Å². The van der Waals surface area contributed by atoms with Gasteiger partial charge < -0.3 is 33.7 Å². The van der Waals surface area contributed by atoms with Gasteiger partial charge in [0.25, 0.3) is 5.69 Å². The fourth-order valence-corrected chi connectivity index (χ4v) is 4.06. The van der Waals surface area contributed by atoms with E-state index in [0.29, 0.717) is 53.1 Å². The van der Waals surface area contributed by atoms with Crippen molar-refractivity contribution in [3.05, 3.63) is 58.3 Å². The van der Waals surface area contributed by atoms with Gasteiger partial charge in [-0.15, -0.1) is 0 Å². The summed E-state index contributed by atoms with van der Waals surface area (Å²) in [7, 11) is 4.58. The molecule has 12 nitrogen and oxygen atoms in total. The summed E-state index contributed by atoms with van der Waals surface area (Å²) >= 11 is 0. The van der Waals surface area contributed by atoms with Crippen molar-refractivity contribution in [2.75, 3.05) is 39.8 Å². The standard InChI is InChI=1S/C25H28N4O8/c1-33-22-11-16(12-23(34-2)24(22)35-3)21-13-18(27-37-21)14-28(15-20-5-4-10-36-20)25(30)26-17-6-8-19(9-7-17)29(31)32/h6-9,11-13,20H,4-5,10,14-15H2,1-3H3,(H,26,30)/t20-/m1/s1. The van der Waals surface area contributed by atoms with E-state index in [9.17, 15) is 14.9 Å². The average Bonchev–Trinajstić information content (AvgIpc) is 3.60. The maximum Gasteiger partial charge on any atom is 0.322 e. The summed E-state index contributed by atoms with van der Waals surface area (Å²) in [5.41, 5.74) is 1.57. The molecule has 0 saturated carbocycles. The van der Waals surface area contributed by atoms with Crippen LogP contribution in [0.3, 0.4) is 0 Å². The smallest absolute Gasteiger partial charge is 0.322 e. The van der Waals surface area contributed by atoms with Crippen molar-refractivity contribution in [1.29, 1.82) is 0 Å². The summed E-state index contributed by atoms with van der Waals surface area (Å²) < 4.78 is 27.5. The zero-order chi connectivity index (χ0) is 26.4. The zero-order valence-electron chi connectivity index (χ0n) is 20.8. The topological polar surface area (TPSA) is 138 Å². The molecule has 1 N–H and O–H groups in total. The van der Waals surface area contributed by atoms with Crippen LogP contribution in [0, 0.1) is 10.1 Å². The van der Waals surface area contributed by atoms with Crippen LogP contribution in [0.2, 0.25) is 0 Å². The van der Waals surface area contributed by atoms with Gasteiger partial charge in [0.15, 0.2) is 17.3 Å². The number of benzene rings is 2. The normalized spacial score (nSPS) is 14.7. The minimum atomic E-state index is -0.495. The molecule has 37 heavy (non-hydrogen) atoms. The molecule has 1 aromatic heterocycles. The molecule has 0 unspecified atom stereocenters. The van der Waals surface area contributed by atoms with Crippen LogP contribution in [-0.4, -0.2) is 61.6 Å². The van der Waals surface area contributed by atoms with Crippen molar-refractivity contribution in [1.82, 2.24) is 10.1 Å². The zero-order valence-corrected chi connectivity index (χ0v) is 20.8. The Kier molecular flexibility index (Phi) is 8.08. The van der Waals surface area contributed by atoms with Crippen LogP contribution >= 0.6 is 0 Å². The number of non-ortho nitro benzene ring substituents is 1. The molecule has 12 heteroatoms. The first-order valence-corrected chi connectivity index (χ1v) is 11.6. The molecule has 2 heterocycles. The van der Waals surface area contributed by atoms with Gasteiger partial charge in [0.2, 0.25) is 5.75 Å². The molecule has 1 atom stereocenters. The number of hydrogen-bond donors (Lipinski definition) is 1.